The van der Waals surface area contributed by atoms with Crippen LogP contribution in [0.2, 0.25) is 0 Å². The highest BCUT2D eigenvalue weighted by atomic mass is 16.4. The second-order valence-electron chi connectivity index (χ2n) is 3.10. The lowest BCUT2D eigenvalue weighted by Gasteiger charge is -2.00. The van der Waals surface area contributed by atoms with Crippen molar-refractivity contribution in [1.82, 2.24) is 0 Å². The Morgan fingerprint density at radius 3 is 2.36 bits per heavy atom. The Kier molecular flexibility index (Phi) is 3.40. The number of nitrogens with zero attached hydrogens (tertiary/aromatic N) is 1. The Bertz CT molecular complexity index is 352. The molecule has 0 aliphatic carbocycles. The Labute approximate surface area is 83.1 Å². The zero-order chi connectivity index (χ0) is 10.6. The smallest absolute Gasteiger partial charge is 0.210 e. The number of oxime groups is 1. The van der Waals surface area contributed by atoms with E-state index in [0.717, 1.165) is 5.56 Å². The van der Waals surface area contributed by atoms with E-state index in [4.69, 9.17) is 5.21 Å². The van der Waals surface area contributed by atoms with Gasteiger partial charge in [0.1, 0.15) is 5.71 Å². The van der Waals surface area contributed by atoms with Gasteiger partial charge >= 0.3 is 0 Å². The number of Topliss-reactive ketones (excluding diaryl/α,β-unsaturated/α-hetero) is 1. The van der Waals surface area contributed by atoms with E-state index in [1.165, 1.54) is 0 Å². The Balaban J connectivity index is 2.95. The van der Waals surface area contributed by atoms with Gasteiger partial charge in [-0.15, -0.1) is 0 Å². The number of rotatable bonds is 3. The summed E-state index contributed by atoms with van der Waals surface area (Å²) >= 11 is 0. The van der Waals surface area contributed by atoms with Crippen LogP contribution >= 0.6 is 0 Å². The molecule has 14 heavy (non-hydrogen) atoms. The largest absolute Gasteiger partial charge is 0.411 e. The van der Waals surface area contributed by atoms with Crippen molar-refractivity contribution in [2.45, 2.75) is 20.3 Å². The fourth-order valence-electron chi connectivity index (χ4n) is 1.15. The van der Waals surface area contributed by atoms with E-state index in [0.29, 0.717) is 12.0 Å². The molecule has 0 radical (unpaired) electrons. The van der Waals surface area contributed by atoms with Gasteiger partial charge in [-0.1, -0.05) is 41.9 Å². The van der Waals surface area contributed by atoms with E-state index in [2.05, 4.69) is 5.16 Å². The SMILES string of the molecule is CCC(=NO)C(=O)c1ccc(C)cc1. The molecule has 0 fully saturated rings. The van der Waals surface area contributed by atoms with Crippen molar-refractivity contribution in [3.05, 3.63) is 35.4 Å². The summed E-state index contributed by atoms with van der Waals surface area (Å²) in [6.45, 7) is 3.73. The molecule has 74 valence electrons. The molecule has 0 aliphatic rings. The molecule has 0 heterocycles. The highest BCUT2D eigenvalue weighted by Crippen LogP contribution is 2.06. The first-order chi connectivity index (χ1) is 6.69. The fraction of sp³-hybridized carbons (Fsp3) is 0.273. The van der Waals surface area contributed by atoms with Crippen molar-refractivity contribution >= 4 is 11.5 Å². The third-order valence-electron chi connectivity index (χ3n) is 2.03. The topological polar surface area (TPSA) is 49.7 Å². The third kappa shape index (κ3) is 2.19. The summed E-state index contributed by atoms with van der Waals surface area (Å²) in [4.78, 5) is 11.6. The highest BCUT2D eigenvalue weighted by Gasteiger charge is 2.11. The van der Waals surface area contributed by atoms with Crippen LogP contribution < -0.4 is 0 Å². The molecular formula is C11H13NO2. The predicted molar refractivity (Wildman–Crippen MR) is 55.0 cm³/mol. The van der Waals surface area contributed by atoms with Crippen molar-refractivity contribution in [1.29, 1.82) is 0 Å². The molecule has 0 amide bonds. The van der Waals surface area contributed by atoms with Crippen molar-refractivity contribution in [2.24, 2.45) is 5.16 Å². The second kappa shape index (κ2) is 4.56. The van der Waals surface area contributed by atoms with Crippen LogP contribution in [0.1, 0.15) is 29.3 Å². The molecule has 0 unspecified atom stereocenters. The molecule has 0 spiro atoms. The van der Waals surface area contributed by atoms with E-state index >= 15 is 0 Å². The molecule has 3 nitrogen and oxygen atoms in total. The summed E-state index contributed by atoms with van der Waals surface area (Å²) in [6.07, 6.45) is 0.434. The number of carbonyl (C=O) groups is 1. The van der Waals surface area contributed by atoms with Crippen LogP contribution in [0.3, 0.4) is 0 Å². The lowest BCUT2D eigenvalue weighted by Crippen LogP contribution is -2.13. The van der Waals surface area contributed by atoms with Gasteiger partial charge in [-0.05, 0) is 13.3 Å². The number of hydrogen-bond acceptors (Lipinski definition) is 3. The van der Waals surface area contributed by atoms with Crippen molar-refractivity contribution in [2.75, 3.05) is 0 Å². The van der Waals surface area contributed by atoms with Crippen LogP contribution in [0.25, 0.3) is 0 Å². The van der Waals surface area contributed by atoms with Gasteiger partial charge in [0, 0.05) is 5.56 Å². The van der Waals surface area contributed by atoms with E-state index in [9.17, 15) is 4.79 Å². The minimum atomic E-state index is -0.213. The molecule has 0 saturated carbocycles. The first-order valence-electron chi connectivity index (χ1n) is 4.51. The molecule has 1 aromatic carbocycles. The molecule has 0 bridgehead atoms. The minimum Gasteiger partial charge on any atom is -0.411 e. The first-order valence-corrected chi connectivity index (χ1v) is 4.51. The molecular weight excluding hydrogens is 178 g/mol. The molecule has 0 aromatic heterocycles. The molecule has 3 heteroatoms. The van der Waals surface area contributed by atoms with E-state index in [1.807, 2.05) is 19.1 Å². The van der Waals surface area contributed by atoms with Crippen LogP contribution in [0.5, 0.6) is 0 Å². The monoisotopic (exact) mass is 191 g/mol. The van der Waals surface area contributed by atoms with E-state index < -0.39 is 0 Å². The van der Waals surface area contributed by atoms with Gasteiger partial charge in [0.25, 0.3) is 0 Å². The minimum absolute atomic E-state index is 0.189. The maximum Gasteiger partial charge on any atom is 0.210 e. The maximum absolute atomic E-state index is 11.6. The highest BCUT2D eigenvalue weighted by molar-refractivity contribution is 6.45. The van der Waals surface area contributed by atoms with Gasteiger partial charge in [-0.25, -0.2) is 0 Å². The number of benzene rings is 1. The Morgan fingerprint density at radius 2 is 1.93 bits per heavy atom. The van der Waals surface area contributed by atoms with Crippen LogP contribution in [-0.4, -0.2) is 16.7 Å². The number of carbonyl (C=O) groups excluding carboxylic acids is 1. The van der Waals surface area contributed by atoms with Crippen LogP contribution in [0, 0.1) is 6.92 Å². The lowest BCUT2D eigenvalue weighted by molar-refractivity contribution is 0.106. The summed E-state index contributed by atoms with van der Waals surface area (Å²) in [6, 6.07) is 7.19. The summed E-state index contributed by atoms with van der Waals surface area (Å²) in [7, 11) is 0. The summed E-state index contributed by atoms with van der Waals surface area (Å²) < 4.78 is 0. The number of aryl methyl sites for hydroxylation is 1. The van der Waals surface area contributed by atoms with E-state index in [1.54, 1.807) is 19.1 Å². The van der Waals surface area contributed by atoms with Gasteiger partial charge in [-0.2, -0.15) is 0 Å². The standard InChI is InChI=1S/C11H13NO2/c1-3-10(12-14)11(13)9-6-4-8(2)5-7-9/h4-7,14H,3H2,1-2H3. The Morgan fingerprint density at radius 1 is 1.36 bits per heavy atom. The normalized spacial score (nSPS) is 11.4. The fourth-order valence-corrected chi connectivity index (χ4v) is 1.15. The number of ketones is 1. The van der Waals surface area contributed by atoms with Crippen LogP contribution in [-0.2, 0) is 0 Å². The third-order valence-corrected chi connectivity index (χ3v) is 2.03. The summed E-state index contributed by atoms with van der Waals surface area (Å²) in [5, 5.41) is 11.6. The maximum atomic E-state index is 11.6. The lowest BCUT2D eigenvalue weighted by atomic mass is 10.0. The molecule has 0 aliphatic heterocycles. The molecule has 1 rings (SSSR count). The average Bonchev–Trinajstić information content (AvgIpc) is 2.20. The molecule has 1 N–H and O–H groups in total. The van der Waals surface area contributed by atoms with Crippen molar-refractivity contribution < 1.29 is 10.0 Å². The molecule has 1 aromatic rings. The predicted octanol–water partition coefficient (Wildman–Crippen LogP) is 2.42. The number of hydrogen-bond donors (Lipinski definition) is 1. The summed E-state index contributed by atoms with van der Waals surface area (Å²) in [5.74, 6) is -0.213. The Hall–Kier alpha value is -1.64. The van der Waals surface area contributed by atoms with Gasteiger partial charge < -0.3 is 5.21 Å². The molecule has 0 atom stereocenters. The zero-order valence-corrected chi connectivity index (χ0v) is 8.32. The van der Waals surface area contributed by atoms with Crippen LogP contribution in [0.15, 0.2) is 29.4 Å². The van der Waals surface area contributed by atoms with Gasteiger partial charge in [0.2, 0.25) is 5.78 Å². The van der Waals surface area contributed by atoms with Gasteiger partial charge in [-0.3, -0.25) is 4.79 Å². The van der Waals surface area contributed by atoms with Crippen molar-refractivity contribution in [3.8, 4) is 0 Å². The average molecular weight is 191 g/mol. The van der Waals surface area contributed by atoms with Gasteiger partial charge in [0.15, 0.2) is 0 Å². The van der Waals surface area contributed by atoms with Gasteiger partial charge in [0.05, 0.1) is 0 Å². The quantitative estimate of drug-likeness (QED) is 0.345. The first kappa shape index (κ1) is 10.4. The summed E-state index contributed by atoms with van der Waals surface area (Å²) in [5.41, 5.74) is 1.85. The van der Waals surface area contributed by atoms with Crippen LogP contribution in [0.4, 0.5) is 0 Å². The molecule has 0 saturated heterocycles. The second-order valence-corrected chi connectivity index (χ2v) is 3.10. The van der Waals surface area contributed by atoms with E-state index in [-0.39, 0.29) is 11.5 Å². The zero-order valence-electron chi connectivity index (χ0n) is 8.32. The van der Waals surface area contributed by atoms with Crippen molar-refractivity contribution in [3.63, 3.8) is 0 Å².